The second kappa shape index (κ2) is 5.46. The van der Waals surface area contributed by atoms with Crippen molar-refractivity contribution in [2.45, 2.75) is 19.5 Å². The van der Waals surface area contributed by atoms with E-state index in [-0.39, 0.29) is 5.82 Å². The van der Waals surface area contributed by atoms with Gasteiger partial charge < -0.3 is 11.1 Å². The van der Waals surface area contributed by atoms with Gasteiger partial charge in [-0.15, -0.1) is 0 Å². The van der Waals surface area contributed by atoms with E-state index in [1.807, 2.05) is 0 Å². The van der Waals surface area contributed by atoms with Crippen LogP contribution in [0.5, 0.6) is 0 Å². The van der Waals surface area contributed by atoms with E-state index in [1.165, 1.54) is 12.1 Å². The Labute approximate surface area is 106 Å². The Hall–Kier alpha value is -1.46. The first kappa shape index (κ1) is 13.0. The molecule has 1 fully saturated rings. The van der Waals surface area contributed by atoms with Crippen molar-refractivity contribution in [3.8, 4) is 0 Å². The highest BCUT2D eigenvalue weighted by Gasteiger charge is 2.17. The molecule has 1 aliphatic rings. The SMILES string of the molecule is CC1CN(Cc2cc(C(N)=O)ccc2F)CCN1. The average Bonchev–Trinajstić information content (AvgIpc) is 2.31. The average molecular weight is 251 g/mol. The summed E-state index contributed by atoms with van der Waals surface area (Å²) >= 11 is 0. The van der Waals surface area contributed by atoms with E-state index in [0.29, 0.717) is 23.7 Å². The van der Waals surface area contributed by atoms with Crippen molar-refractivity contribution in [3.05, 3.63) is 35.1 Å². The van der Waals surface area contributed by atoms with Crippen LogP contribution in [0.15, 0.2) is 18.2 Å². The second-order valence-corrected chi connectivity index (χ2v) is 4.76. The molecule has 0 radical (unpaired) electrons. The van der Waals surface area contributed by atoms with Gasteiger partial charge in [-0.05, 0) is 25.1 Å². The molecule has 1 saturated heterocycles. The van der Waals surface area contributed by atoms with Crippen LogP contribution in [0.25, 0.3) is 0 Å². The molecule has 4 nitrogen and oxygen atoms in total. The maximum atomic E-state index is 13.7. The van der Waals surface area contributed by atoms with Gasteiger partial charge in [0.25, 0.3) is 0 Å². The molecule has 1 atom stereocenters. The first-order valence-corrected chi connectivity index (χ1v) is 6.10. The standard InChI is InChI=1S/C13H18FN3O/c1-9-7-17(5-4-16-9)8-11-6-10(13(15)18)2-3-12(11)14/h2-3,6,9,16H,4-5,7-8H2,1H3,(H2,15,18). The number of halogens is 1. The van der Waals surface area contributed by atoms with Crippen LogP contribution >= 0.6 is 0 Å². The number of benzene rings is 1. The Morgan fingerprint density at radius 2 is 2.39 bits per heavy atom. The third kappa shape index (κ3) is 3.05. The van der Waals surface area contributed by atoms with E-state index in [9.17, 15) is 9.18 Å². The highest BCUT2D eigenvalue weighted by atomic mass is 19.1. The van der Waals surface area contributed by atoms with E-state index in [2.05, 4.69) is 17.1 Å². The van der Waals surface area contributed by atoms with E-state index < -0.39 is 5.91 Å². The molecule has 0 aromatic heterocycles. The number of carbonyl (C=O) groups is 1. The molecule has 0 aliphatic carbocycles. The molecule has 0 saturated carbocycles. The van der Waals surface area contributed by atoms with Crippen LogP contribution in [-0.4, -0.2) is 36.5 Å². The molecule has 1 amide bonds. The van der Waals surface area contributed by atoms with E-state index in [0.717, 1.165) is 19.6 Å². The molecule has 0 bridgehead atoms. The Bertz CT molecular complexity index is 450. The summed E-state index contributed by atoms with van der Waals surface area (Å²) in [4.78, 5) is 13.3. The number of piperazine rings is 1. The fraction of sp³-hybridized carbons (Fsp3) is 0.462. The molecule has 18 heavy (non-hydrogen) atoms. The fourth-order valence-corrected chi connectivity index (χ4v) is 2.25. The second-order valence-electron chi connectivity index (χ2n) is 4.76. The van der Waals surface area contributed by atoms with Crippen molar-refractivity contribution in [1.29, 1.82) is 0 Å². The van der Waals surface area contributed by atoms with Crippen molar-refractivity contribution in [2.75, 3.05) is 19.6 Å². The quantitative estimate of drug-likeness (QED) is 0.832. The third-order valence-electron chi connectivity index (χ3n) is 3.18. The first-order chi connectivity index (χ1) is 8.56. The lowest BCUT2D eigenvalue weighted by molar-refractivity contribution is 0.1000. The molecule has 3 N–H and O–H groups in total. The molecule has 1 aromatic rings. The topological polar surface area (TPSA) is 58.4 Å². The van der Waals surface area contributed by atoms with Gasteiger partial charge in [-0.25, -0.2) is 4.39 Å². The number of carbonyl (C=O) groups excluding carboxylic acids is 1. The number of primary amides is 1. The predicted octanol–water partition coefficient (Wildman–Crippen LogP) is 0.718. The highest BCUT2D eigenvalue weighted by Crippen LogP contribution is 2.14. The summed E-state index contributed by atoms with van der Waals surface area (Å²) in [5.74, 6) is -0.809. The van der Waals surface area contributed by atoms with Gasteiger partial charge in [0, 0.05) is 43.3 Å². The van der Waals surface area contributed by atoms with Crippen molar-refractivity contribution < 1.29 is 9.18 Å². The van der Waals surface area contributed by atoms with Crippen LogP contribution in [0.3, 0.4) is 0 Å². The Balaban J connectivity index is 2.12. The minimum atomic E-state index is -0.523. The number of rotatable bonds is 3. The molecule has 1 aromatic carbocycles. The van der Waals surface area contributed by atoms with Crippen molar-refractivity contribution in [2.24, 2.45) is 5.73 Å². The highest BCUT2D eigenvalue weighted by molar-refractivity contribution is 5.92. The maximum Gasteiger partial charge on any atom is 0.248 e. The normalized spacial score (nSPS) is 20.9. The van der Waals surface area contributed by atoms with Crippen LogP contribution in [0.1, 0.15) is 22.8 Å². The summed E-state index contributed by atoms with van der Waals surface area (Å²) in [6.45, 7) is 5.27. The lowest BCUT2D eigenvalue weighted by Gasteiger charge is -2.31. The van der Waals surface area contributed by atoms with Gasteiger partial charge in [-0.3, -0.25) is 9.69 Å². The molecular formula is C13H18FN3O. The summed E-state index contributed by atoms with van der Waals surface area (Å²) in [6.07, 6.45) is 0. The third-order valence-corrected chi connectivity index (χ3v) is 3.18. The molecule has 1 aliphatic heterocycles. The van der Waals surface area contributed by atoms with E-state index >= 15 is 0 Å². The van der Waals surface area contributed by atoms with Crippen LogP contribution in [-0.2, 0) is 6.54 Å². The van der Waals surface area contributed by atoms with Crippen LogP contribution in [0.4, 0.5) is 4.39 Å². The van der Waals surface area contributed by atoms with Gasteiger partial charge in [-0.1, -0.05) is 0 Å². The van der Waals surface area contributed by atoms with Gasteiger partial charge in [0.1, 0.15) is 5.82 Å². The van der Waals surface area contributed by atoms with Gasteiger partial charge in [0.2, 0.25) is 5.91 Å². The number of nitrogens with two attached hydrogens (primary N) is 1. The zero-order valence-electron chi connectivity index (χ0n) is 10.4. The largest absolute Gasteiger partial charge is 0.366 e. The summed E-state index contributed by atoms with van der Waals surface area (Å²) in [5.41, 5.74) is 6.09. The molecule has 0 spiro atoms. The number of amides is 1. The molecule has 5 heteroatoms. The zero-order chi connectivity index (χ0) is 13.1. The van der Waals surface area contributed by atoms with Crippen molar-refractivity contribution in [1.82, 2.24) is 10.2 Å². The fourth-order valence-electron chi connectivity index (χ4n) is 2.25. The van der Waals surface area contributed by atoms with Crippen molar-refractivity contribution in [3.63, 3.8) is 0 Å². The Morgan fingerprint density at radius 1 is 1.61 bits per heavy atom. The predicted molar refractivity (Wildman–Crippen MR) is 67.7 cm³/mol. The van der Waals surface area contributed by atoms with Gasteiger partial charge in [0.15, 0.2) is 0 Å². The van der Waals surface area contributed by atoms with Crippen LogP contribution in [0, 0.1) is 5.82 Å². The smallest absolute Gasteiger partial charge is 0.248 e. The molecule has 98 valence electrons. The lowest BCUT2D eigenvalue weighted by atomic mass is 10.1. The summed E-state index contributed by atoms with van der Waals surface area (Å²) in [6, 6.07) is 4.67. The Morgan fingerprint density at radius 3 is 3.06 bits per heavy atom. The number of nitrogens with one attached hydrogen (secondary N) is 1. The molecule has 1 heterocycles. The van der Waals surface area contributed by atoms with E-state index in [4.69, 9.17) is 5.73 Å². The minimum Gasteiger partial charge on any atom is -0.366 e. The Kier molecular flexibility index (Phi) is 3.93. The summed E-state index contributed by atoms with van der Waals surface area (Å²) < 4.78 is 13.7. The lowest BCUT2D eigenvalue weighted by Crippen LogP contribution is -2.48. The molecule has 1 unspecified atom stereocenters. The van der Waals surface area contributed by atoms with Gasteiger partial charge in [0.05, 0.1) is 0 Å². The number of hydrogen-bond acceptors (Lipinski definition) is 3. The van der Waals surface area contributed by atoms with Gasteiger partial charge >= 0.3 is 0 Å². The molecule has 2 rings (SSSR count). The van der Waals surface area contributed by atoms with Gasteiger partial charge in [-0.2, -0.15) is 0 Å². The maximum absolute atomic E-state index is 13.7. The minimum absolute atomic E-state index is 0.286. The number of nitrogens with zero attached hydrogens (tertiary/aromatic N) is 1. The zero-order valence-corrected chi connectivity index (χ0v) is 10.4. The van der Waals surface area contributed by atoms with Crippen molar-refractivity contribution >= 4 is 5.91 Å². The summed E-state index contributed by atoms with van der Waals surface area (Å²) in [7, 11) is 0. The van der Waals surface area contributed by atoms with Crippen LogP contribution < -0.4 is 11.1 Å². The molecular weight excluding hydrogens is 233 g/mol. The van der Waals surface area contributed by atoms with Crippen LogP contribution in [0.2, 0.25) is 0 Å². The monoisotopic (exact) mass is 251 g/mol. The first-order valence-electron chi connectivity index (χ1n) is 6.10. The van der Waals surface area contributed by atoms with E-state index in [1.54, 1.807) is 6.07 Å². The summed E-state index contributed by atoms with van der Waals surface area (Å²) in [5, 5.41) is 3.33. The number of hydrogen-bond donors (Lipinski definition) is 2.